The number of thiazole rings is 1. The second-order valence-corrected chi connectivity index (χ2v) is 14.4. The molecule has 1 unspecified atom stereocenters. The molecule has 0 amide bonds. The number of hydrogen-bond acceptors (Lipinski definition) is 8. The van der Waals surface area contributed by atoms with Gasteiger partial charge in [-0.05, 0) is 42.0 Å². The lowest BCUT2D eigenvalue weighted by molar-refractivity contribution is -0.894. The van der Waals surface area contributed by atoms with E-state index in [9.17, 15) is 13.5 Å². The average Bonchev–Trinajstić information content (AvgIpc) is 3.56. The Morgan fingerprint density at radius 3 is 2.42 bits per heavy atom. The lowest BCUT2D eigenvalue weighted by atomic mass is 9.87. The van der Waals surface area contributed by atoms with Crippen molar-refractivity contribution in [2.75, 3.05) is 34.3 Å². The third-order valence-corrected chi connectivity index (χ3v) is 11.3. The van der Waals surface area contributed by atoms with Gasteiger partial charge < -0.3 is 14.3 Å². The van der Waals surface area contributed by atoms with Crippen LogP contribution < -0.4 is 9.84 Å². The first-order valence-electron chi connectivity index (χ1n) is 13.4. The summed E-state index contributed by atoms with van der Waals surface area (Å²) in [5.74, 6) is 0.278. The number of hydrogen-bond donors (Lipinski definition) is 0. The number of nitrogens with zero attached hydrogens (tertiary/aromatic N) is 4. The van der Waals surface area contributed by atoms with Crippen molar-refractivity contribution in [1.29, 1.82) is 0 Å². The molecule has 1 atom stereocenters. The van der Waals surface area contributed by atoms with E-state index >= 15 is 0 Å². The fourth-order valence-electron chi connectivity index (χ4n) is 5.72. The van der Waals surface area contributed by atoms with E-state index in [1.807, 2.05) is 18.2 Å². The van der Waals surface area contributed by atoms with Gasteiger partial charge in [-0.3, -0.25) is 0 Å². The van der Waals surface area contributed by atoms with Crippen LogP contribution in [0.5, 0.6) is 5.88 Å². The molecule has 3 aromatic rings. The van der Waals surface area contributed by atoms with E-state index in [0.717, 1.165) is 36.0 Å². The molecule has 5 rings (SSSR count). The molecule has 2 aromatic heterocycles. The van der Waals surface area contributed by atoms with Crippen molar-refractivity contribution in [3.63, 3.8) is 0 Å². The molecule has 0 radical (unpaired) electrons. The minimum absolute atomic E-state index is 0.245. The Kier molecular flexibility index (Phi) is 7.75. The molecule has 0 spiro atoms. The zero-order valence-corrected chi connectivity index (χ0v) is 23.9. The summed E-state index contributed by atoms with van der Waals surface area (Å²) in [5.41, 5.74) is 1.49. The van der Waals surface area contributed by atoms with Gasteiger partial charge in [-0.1, -0.05) is 49.2 Å². The van der Waals surface area contributed by atoms with E-state index in [1.54, 1.807) is 25.3 Å². The highest BCUT2D eigenvalue weighted by atomic mass is 32.2. The fourth-order valence-corrected chi connectivity index (χ4v) is 8.26. The maximum absolute atomic E-state index is 13.5. The molecule has 8 nitrogen and oxygen atoms in total. The van der Waals surface area contributed by atoms with Crippen LogP contribution in [-0.4, -0.2) is 68.3 Å². The predicted molar refractivity (Wildman–Crippen MR) is 149 cm³/mol. The van der Waals surface area contributed by atoms with E-state index in [0.29, 0.717) is 51.4 Å². The molecule has 2 aliphatic rings. The summed E-state index contributed by atoms with van der Waals surface area (Å²) in [7, 11) is 2.44. The van der Waals surface area contributed by atoms with Crippen LogP contribution in [0.2, 0.25) is 0 Å². The summed E-state index contributed by atoms with van der Waals surface area (Å²) in [6.45, 7) is 1.71. The molecule has 1 saturated carbocycles. The Balaban J connectivity index is 1.40. The second-order valence-electron chi connectivity index (χ2n) is 11.3. The number of quaternary nitrogens is 1. The monoisotopic (exact) mass is 556 g/mol. The van der Waals surface area contributed by atoms with Crippen LogP contribution in [0.1, 0.15) is 56.4 Å². The zero-order valence-electron chi connectivity index (χ0n) is 22.3. The summed E-state index contributed by atoms with van der Waals surface area (Å²) in [6.07, 6.45) is 6.63. The SMILES string of the molecule is COc1ccc2nc(/N=C(\[O-])C(CC3CCCC3)c3ccc(S(=O)(=O)C4CC[N+](C)(C)CC4)cc3)sc2n1. The van der Waals surface area contributed by atoms with Crippen molar-refractivity contribution < 1.29 is 22.7 Å². The van der Waals surface area contributed by atoms with Crippen LogP contribution in [0.15, 0.2) is 46.3 Å². The number of aromatic nitrogens is 2. The van der Waals surface area contributed by atoms with Gasteiger partial charge in [0.1, 0.15) is 10.3 Å². The maximum atomic E-state index is 13.5. The maximum Gasteiger partial charge on any atom is 0.214 e. The number of fused-ring (bicyclic) bond motifs is 1. The lowest BCUT2D eigenvalue weighted by Crippen LogP contribution is -2.49. The van der Waals surface area contributed by atoms with E-state index in [1.165, 1.54) is 24.2 Å². The summed E-state index contributed by atoms with van der Waals surface area (Å²) in [5, 5.41) is 13.6. The van der Waals surface area contributed by atoms with E-state index < -0.39 is 15.8 Å². The molecule has 38 heavy (non-hydrogen) atoms. The van der Waals surface area contributed by atoms with Crippen molar-refractivity contribution in [1.82, 2.24) is 9.97 Å². The van der Waals surface area contributed by atoms with E-state index in [-0.39, 0.29) is 11.1 Å². The summed E-state index contributed by atoms with van der Waals surface area (Å²) in [4.78, 5) is 14.3. The standard InChI is InChI=1S/C28H36N4O4S2/c1-32(2)16-14-22(15-17-32)38(34,35)21-10-8-20(9-11-21)23(18-19-6-4-5-7-19)26(33)31-28-29-24-12-13-25(36-3)30-27(24)37-28/h8-13,19,22-23H,4-7,14-18H2,1-3H3. The van der Waals surface area contributed by atoms with Crippen LogP contribution in [0.4, 0.5) is 5.13 Å². The topological polar surface area (TPSA) is 105 Å². The number of benzene rings is 1. The minimum Gasteiger partial charge on any atom is -0.861 e. The summed E-state index contributed by atoms with van der Waals surface area (Å²) >= 11 is 1.26. The molecule has 0 N–H and O–H groups in total. The molecular formula is C28H36N4O4S2. The Labute approximate surface area is 228 Å². The number of methoxy groups -OCH3 is 1. The highest BCUT2D eigenvalue weighted by molar-refractivity contribution is 7.92. The number of aliphatic imine (C=N–C) groups is 1. The quantitative estimate of drug-likeness (QED) is 0.230. The second kappa shape index (κ2) is 10.9. The average molecular weight is 557 g/mol. The van der Waals surface area contributed by atoms with Crippen LogP contribution in [0, 0.1) is 5.92 Å². The molecule has 1 aromatic carbocycles. The molecule has 10 heteroatoms. The molecule has 0 bridgehead atoms. The minimum atomic E-state index is -3.41. The van der Waals surface area contributed by atoms with E-state index in [2.05, 4.69) is 29.1 Å². The number of pyridine rings is 1. The van der Waals surface area contributed by atoms with Crippen LogP contribution in [-0.2, 0) is 9.84 Å². The van der Waals surface area contributed by atoms with Crippen LogP contribution >= 0.6 is 11.3 Å². The molecule has 1 aliphatic heterocycles. The molecule has 1 aliphatic carbocycles. The number of ether oxygens (including phenoxy) is 1. The van der Waals surface area contributed by atoms with Crippen molar-refractivity contribution in [3.05, 3.63) is 42.0 Å². The van der Waals surface area contributed by atoms with Gasteiger partial charge in [0, 0.05) is 24.8 Å². The largest absolute Gasteiger partial charge is 0.861 e. The van der Waals surface area contributed by atoms with Gasteiger partial charge >= 0.3 is 0 Å². The van der Waals surface area contributed by atoms with Gasteiger partial charge in [0.15, 0.2) is 9.84 Å². The molecule has 2 fully saturated rings. The molecule has 204 valence electrons. The van der Waals surface area contributed by atoms with E-state index in [4.69, 9.17) is 4.74 Å². The zero-order chi connectivity index (χ0) is 26.9. The highest BCUT2D eigenvalue weighted by Crippen LogP contribution is 2.36. The number of piperidine rings is 1. The van der Waals surface area contributed by atoms with Crippen LogP contribution in [0.3, 0.4) is 0 Å². The van der Waals surface area contributed by atoms with Crippen LogP contribution in [0.25, 0.3) is 10.3 Å². The van der Waals surface area contributed by atoms with Crippen molar-refractivity contribution in [2.24, 2.45) is 10.9 Å². The number of sulfone groups is 1. The first-order valence-corrected chi connectivity index (χ1v) is 15.7. The Bertz CT molecular complexity index is 1400. The van der Waals surface area contributed by atoms with Crippen molar-refractivity contribution in [2.45, 2.75) is 61.0 Å². The summed E-state index contributed by atoms with van der Waals surface area (Å²) < 4.78 is 32.7. The number of likely N-dealkylation sites (tertiary alicyclic amines) is 1. The van der Waals surface area contributed by atoms with Gasteiger partial charge in [-0.2, -0.15) is 0 Å². The Hall–Kier alpha value is -2.56. The Morgan fingerprint density at radius 2 is 1.76 bits per heavy atom. The smallest absolute Gasteiger partial charge is 0.214 e. The fraction of sp³-hybridized carbons (Fsp3) is 0.536. The molecular weight excluding hydrogens is 520 g/mol. The van der Waals surface area contributed by atoms with Gasteiger partial charge in [0.2, 0.25) is 11.0 Å². The van der Waals surface area contributed by atoms with Crippen molar-refractivity contribution >= 4 is 42.6 Å². The third kappa shape index (κ3) is 5.87. The third-order valence-electron chi connectivity index (χ3n) is 8.14. The van der Waals surface area contributed by atoms with Gasteiger partial charge in [0.05, 0.1) is 44.4 Å². The molecule has 3 heterocycles. The van der Waals surface area contributed by atoms with Crippen molar-refractivity contribution in [3.8, 4) is 5.88 Å². The van der Waals surface area contributed by atoms with Gasteiger partial charge in [-0.15, -0.1) is 0 Å². The first kappa shape index (κ1) is 27.0. The first-order chi connectivity index (χ1) is 18.1. The number of rotatable bonds is 8. The van der Waals surface area contributed by atoms with Gasteiger partial charge in [-0.25, -0.2) is 23.4 Å². The normalized spacial score (nSPS) is 20.1. The summed E-state index contributed by atoms with van der Waals surface area (Å²) in [6, 6.07) is 10.5. The predicted octanol–water partition coefficient (Wildman–Crippen LogP) is 4.47. The Morgan fingerprint density at radius 1 is 1.08 bits per heavy atom. The lowest BCUT2D eigenvalue weighted by Gasteiger charge is -2.36. The highest BCUT2D eigenvalue weighted by Gasteiger charge is 2.35. The van der Waals surface area contributed by atoms with Gasteiger partial charge in [0.25, 0.3) is 0 Å². The molecule has 1 saturated heterocycles.